The van der Waals surface area contributed by atoms with E-state index >= 15 is 0 Å². The Morgan fingerprint density at radius 3 is 2.33 bits per heavy atom. The molecular formula is C34H37N3O8. The van der Waals surface area contributed by atoms with Gasteiger partial charge in [-0.25, -0.2) is 0 Å². The molecule has 0 aromatic heterocycles. The number of esters is 1. The fourth-order valence-corrected chi connectivity index (χ4v) is 5.40. The number of hydrogen-bond donors (Lipinski definition) is 2. The molecule has 2 saturated heterocycles. The Labute approximate surface area is 261 Å². The quantitative estimate of drug-likeness (QED) is 0.297. The summed E-state index contributed by atoms with van der Waals surface area (Å²) < 4.78 is 22.4. The molecule has 11 nitrogen and oxygen atoms in total. The molecule has 2 heterocycles. The number of methoxy groups -OCH3 is 1. The number of carbonyl (C=O) groups is 4. The van der Waals surface area contributed by atoms with Gasteiger partial charge in [-0.15, -0.1) is 0 Å². The molecule has 2 aliphatic rings. The number of ether oxygens (including phenoxy) is 4. The monoisotopic (exact) mass is 615 g/mol. The number of rotatable bonds is 12. The second-order valence-electron chi connectivity index (χ2n) is 11.0. The number of nitrogens with zero attached hydrogens (tertiary/aromatic N) is 1. The van der Waals surface area contributed by atoms with Crippen molar-refractivity contribution in [2.45, 2.75) is 63.8 Å². The van der Waals surface area contributed by atoms with Crippen LogP contribution in [-0.4, -0.2) is 66.7 Å². The summed E-state index contributed by atoms with van der Waals surface area (Å²) in [5.74, 6) is -0.856. The summed E-state index contributed by atoms with van der Waals surface area (Å²) in [5, 5.41) is 5.60. The number of likely N-dealkylation sites (tertiary alicyclic amines) is 1. The van der Waals surface area contributed by atoms with Crippen molar-refractivity contribution in [3.05, 3.63) is 95.6 Å². The molecule has 45 heavy (non-hydrogen) atoms. The van der Waals surface area contributed by atoms with Crippen LogP contribution in [0.3, 0.4) is 0 Å². The first kappa shape index (κ1) is 31.5. The zero-order chi connectivity index (χ0) is 31.8. The number of nitrogens with one attached hydrogen (secondary N) is 2. The highest BCUT2D eigenvalue weighted by Crippen LogP contribution is 2.29. The van der Waals surface area contributed by atoms with E-state index in [4.69, 9.17) is 18.9 Å². The van der Waals surface area contributed by atoms with E-state index in [1.165, 1.54) is 12.0 Å². The Kier molecular flexibility index (Phi) is 10.3. The van der Waals surface area contributed by atoms with Gasteiger partial charge in [-0.1, -0.05) is 60.7 Å². The van der Waals surface area contributed by atoms with Gasteiger partial charge in [0, 0.05) is 12.1 Å². The first-order valence-electron chi connectivity index (χ1n) is 14.9. The third-order valence-corrected chi connectivity index (χ3v) is 7.77. The number of cyclic esters (lactones) is 1. The van der Waals surface area contributed by atoms with Gasteiger partial charge >= 0.3 is 5.97 Å². The van der Waals surface area contributed by atoms with Crippen LogP contribution in [0.15, 0.2) is 78.9 Å². The Hall–Kier alpha value is -4.90. The van der Waals surface area contributed by atoms with Crippen LogP contribution in [0.5, 0.6) is 11.5 Å². The first-order valence-corrected chi connectivity index (χ1v) is 14.9. The van der Waals surface area contributed by atoms with E-state index in [0.29, 0.717) is 36.4 Å². The SMILES string of the molecule is COc1ccc(C(=O)NC(C)C(=O)N2CCCC2C(=O)NC2CC(=O)OC2OCc2ccccc2)cc1OCc1ccccc1. The molecule has 0 saturated carbocycles. The maximum atomic E-state index is 13.4. The van der Waals surface area contributed by atoms with Crippen LogP contribution in [-0.2, 0) is 37.1 Å². The lowest BCUT2D eigenvalue weighted by atomic mass is 10.1. The van der Waals surface area contributed by atoms with E-state index in [0.717, 1.165) is 11.1 Å². The minimum Gasteiger partial charge on any atom is -0.493 e. The average Bonchev–Trinajstić information content (AvgIpc) is 3.69. The maximum Gasteiger partial charge on any atom is 0.310 e. The Balaban J connectivity index is 1.17. The van der Waals surface area contributed by atoms with Gasteiger partial charge in [0.25, 0.3) is 5.91 Å². The van der Waals surface area contributed by atoms with Gasteiger partial charge in [0.1, 0.15) is 24.7 Å². The van der Waals surface area contributed by atoms with Crippen molar-refractivity contribution >= 4 is 23.7 Å². The van der Waals surface area contributed by atoms with Gasteiger partial charge in [0.05, 0.1) is 20.1 Å². The molecule has 0 radical (unpaired) electrons. The van der Waals surface area contributed by atoms with Gasteiger partial charge < -0.3 is 34.5 Å². The van der Waals surface area contributed by atoms with Crippen LogP contribution >= 0.6 is 0 Å². The van der Waals surface area contributed by atoms with E-state index in [1.807, 2.05) is 60.7 Å². The smallest absolute Gasteiger partial charge is 0.310 e. The summed E-state index contributed by atoms with van der Waals surface area (Å²) in [7, 11) is 1.52. The van der Waals surface area contributed by atoms with Crippen LogP contribution in [0.1, 0.15) is 47.7 Å². The molecule has 0 bridgehead atoms. The van der Waals surface area contributed by atoms with E-state index in [-0.39, 0.29) is 25.5 Å². The van der Waals surface area contributed by atoms with Gasteiger partial charge in [-0.2, -0.15) is 0 Å². The predicted octanol–water partition coefficient (Wildman–Crippen LogP) is 3.36. The highest BCUT2D eigenvalue weighted by molar-refractivity contribution is 5.99. The van der Waals surface area contributed by atoms with Crippen molar-refractivity contribution < 1.29 is 38.1 Å². The molecule has 3 aromatic carbocycles. The highest BCUT2D eigenvalue weighted by Gasteiger charge is 2.41. The number of hydrogen-bond acceptors (Lipinski definition) is 8. The summed E-state index contributed by atoms with van der Waals surface area (Å²) >= 11 is 0. The summed E-state index contributed by atoms with van der Waals surface area (Å²) in [6.07, 6.45) is 0.114. The van der Waals surface area contributed by atoms with Gasteiger partial charge in [-0.3, -0.25) is 19.2 Å². The van der Waals surface area contributed by atoms with Crippen LogP contribution in [0.2, 0.25) is 0 Å². The summed E-state index contributed by atoms with van der Waals surface area (Å²) in [5.41, 5.74) is 2.15. The molecule has 0 spiro atoms. The van der Waals surface area contributed by atoms with Crippen LogP contribution in [0.4, 0.5) is 0 Å². The molecule has 3 aromatic rings. The predicted molar refractivity (Wildman–Crippen MR) is 163 cm³/mol. The van der Waals surface area contributed by atoms with E-state index in [1.54, 1.807) is 25.1 Å². The molecule has 3 amide bonds. The minimum absolute atomic E-state index is 0.0305. The van der Waals surface area contributed by atoms with Crippen LogP contribution in [0.25, 0.3) is 0 Å². The van der Waals surface area contributed by atoms with E-state index < -0.39 is 42.2 Å². The second kappa shape index (κ2) is 14.7. The molecular weight excluding hydrogens is 578 g/mol. The zero-order valence-corrected chi connectivity index (χ0v) is 25.3. The van der Waals surface area contributed by atoms with Crippen molar-refractivity contribution in [1.82, 2.24) is 15.5 Å². The first-order chi connectivity index (χ1) is 21.8. The molecule has 2 N–H and O–H groups in total. The Morgan fingerprint density at radius 2 is 1.64 bits per heavy atom. The van der Waals surface area contributed by atoms with Crippen molar-refractivity contribution in [2.24, 2.45) is 0 Å². The number of carbonyl (C=O) groups excluding carboxylic acids is 4. The van der Waals surface area contributed by atoms with Crippen LogP contribution < -0.4 is 20.1 Å². The fraction of sp³-hybridized carbons (Fsp3) is 0.353. The lowest BCUT2D eigenvalue weighted by Gasteiger charge is -2.28. The second-order valence-corrected chi connectivity index (χ2v) is 11.0. The van der Waals surface area contributed by atoms with Crippen LogP contribution in [0, 0.1) is 0 Å². The molecule has 2 fully saturated rings. The zero-order valence-electron chi connectivity index (χ0n) is 25.3. The number of benzene rings is 3. The van der Waals surface area contributed by atoms with Crippen molar-refractivity contribution in [1.29, 1.82) is 0 Å². The normalized spacial score (nSPS) is 19.8. The van der Waals surface area contributed by atoms with Gasteiger partial charge in [0.2, 0.25) is 18.1 Å². The van der Waals surface area contributed by atoms with Crippen molar-refractivity contribution in [3.8, 4) is 11.5 Å². The maximum absolute atomic E-state index is 13.4. The lowest BCUT2D eigenvalue weighted by molar-refractivity contribution is -0.168. The molecule has 5 rings (SSSR count). The summed E-state index contributed by atoms with van der Waals surface area (Å²) in [4.78, 5) is 53.5. The van der Waals surface area contributed by atoms with E-state index in [2.05, 4.69) is 10.6 Å². The molecule has 4 atom stereocenters. The third-order valence-electron chi connectivity index (χ3n) is 7.77. The van der Waals surface area contributed by atoms with Gasteiger partial charge in [0.15, 0.2) is 11.5 Å². The topological polar surface area (TPSA) is 132 Å². The lowest BCUT2D eigenvalue weighted by Crippen LogP contribution is -2.54. The third kappa shape index (κ3) is 7.98. The number of amides is 3. The molecule has 0 aliphatic carbocycles. The van der Waals surface area contributed by atoms with Gasteiger partial charge in [-0.05, 0) is 49.1 Å². The molecule has 2 aliphatic heterocycles. The molecule has 236 valence electrons. The average molecular weight is 616 g/mol. The largest absolute Gasteiger partial charge is 0.493 e. The summed E-state index contributed by atoms with van der Waals surface area (Å²) in [6.45, 7) is 2.45. The van der Waals surface area contributed by atoms with Crippen molar-refractivity contribution in [3.63, 3.8) is 0 Å². The highest BCUT2D eigenvalue weighted by atomic mass is 16.7. The Bertz CT molecular complexity index is 1500. The van der Waals surface area contributed by atoms with Crippen molar-refractivity contribution in [2.75, 3.05) is 13.7 Å². The fourth-order valence-electron chi connectivity index (χ4n) is 5.40. The summed E-state index contributed by atoms with van der Waals surface area (Å²) in [6, 6.07) is 21.5. The molecule has 4 unspecified atom stereocenters. The minimum atomic E-state index is -0.934. The standard InChI is InChI=1S/C34H37N3O8/c1-22(35-31(39)25-15-16-28(42-2)29(18-25)43-20-23-10-5-3-6-11-23)33(41)37-17-9-14-27(37)32(40)36-26-19-30(38)45-34(26)44-21-24-12-7-4-8-13-24/h3-8,10-13,15-16,18,22,26-27,34H,9,14,17,19-21H2,1-2H3,(H,35,39)(H,36,40). The Morgan fingerprint density at radius 1 is 0.956 bits per heavy atom. The molecule has 11 heteroatoms. The van der Waals surface area contributed by atoms with E-state index in [9.17, 15) is 19.2 Å².